The zero-order valence-electron chi connectivity index (χ0n) is 9.70. The van der Waals surface area contributed by atoms with Crippen molar-refractivity contribution in [1.29, 1.82) is 0 Å². The lowest BCUT2D eigenvalue weighted by Gasteiger charge is -2.36. The van der Waals surface area contributed by atoms with Gasteiger partial charge >= 0.3 is 0 Å². The van der Waals surface area contributed by atoms with E-state index in [0.29, 0.717) is 6.61 Å². The van der Waals surface area contributed by atoms with E-state index in [1.165, 1.54) is 0 Å². The van der Waals surface area contributed by atoms with Crippen molar-refractivity contribution in [2.24, 2.45) is 5.41 Å². The molecule has 0 aromatic carbocycles. The number of methoxy groups -OCH3 is 1. The summed E-state index contributed by atoms with van der Waals surface area (Å²) < 4.78 is 16.2. The Morgan fingerprint density at radius 3 is 2.60 bits per heavy atom. The highest BCUT2D eigenvalue weighted by Gasteiger charge is 2.32. The average molecular weight is 234 g/mol. The van der Waals surface area contributed by atoms with Crippen LogP contribution in [0.2, 0.25) is 0 Å². The van der Waals surface area contributed by atoms with Gasteiger partial charge in [0.05, 0.1) is 19.3 Å². The summed E-state index contributed by atoms with van der Waals surface area (Å²) in [5.41, 5.74) is 0.212. The van der Waals surface area contributed by atoms with E-state index < -0.39 is 0 Å². The molecule has 0 spiro atoms. The minimum atomic E-state index is 0.162. The van der Waals surface area contributed by atoms with E-state index in [1.807, 2.05) is 6.92 Å². The molecule has 1 aliphatic heterocycles. The van der Waals surface area contributed by atoms with Crippen LogP contribution in [0.3, 0.4) is 0 Å². The molecular weight excluding hydrogens is 212 g/mol. The van der Waals surface area contributed by atoms with Gasteiger partial charge in [0.15, 0.2) is 0 Å². The lowest BCUT2D eigenvalue weighted by atomic mass is 9.83. The van der Waals surface area contributed by atoms with Crippen molar-refractivity contribution in [3.05, 3.63) is 0 Å². The molecule has 1 unspecified atom stereocenters. The SMILES string of the molecule is COCC(C)OCC1(CS)CCOCC1. The van der Waals surface area contributed by atoms with Gasteiger partial charge in [-0.05, 0) is 25.5 Å². The van der Waals surface area contributed by atoms with E-state index in [9.17, 15) is 0 Å². The highest BCUT2D eigenvalue weighted by molar-refractivity contribution is 7.80. The molecule has 0 amide bonds. The van der Waals surface area contributed by atoms with Crippen LogP contribution in [-0.2, 0) is 14.2 Å². The number of hydrogen-bond acceptors (Lipinski definition) is 4. The predicted molar refractivity (Wildman–Crippen MR) is 63.6 cm³/mol. The van der Waals surface area contributed by atoms with Crippen LogP contribution in [0.5, 0.6) is 0 Å². The minimum Gasteiger partial charge on any atom is -0.382 e. The number of rotatable bonds is 6. The predicted octanol–water partition coefficient (Wildman–Crippen LogP) is 1.76. The number of ether oxygens (including phenoxy) is 3. The van der Waals surface area contributed by atoms with Gasteiger partial charge in [0.25, 0.3) is 0 Å². The molecule has 1 fully saturated rings. The molecule has 0 radical (unpaired) electrons. The summed E-state index contributed by atoms with van der Waals surface area (Å²) >= 11 is 4.44. The fraction of sp³-hybridized carbons (Fsp3) is 1.00. The van der Waals surface area contributed by atoms with Gasteiger partial charge in [0.2, 0.25) is 0 Å². The molecule has 0 aromatic rings. The minimum absolute atomic E-state index is 0.162. The van der Waals surface area contributed by atoms with Gasteiger partial charge < -0.3 is 14.2 Å². The molecule has 1 heterocycles. The molecule has 0 aromatic heterocycles. The molecule has 0 bridgehead atoms. The Morgan fingerprint density at radius 2 is 2.07 bits per heavy atom. The first-order chi connectivity index (χ1) is 7.22. The van der Waals surface area contributed by atoms with E-state index in [2.05, 4.69) is 12.6 Å². The van der Waals surface area contributed by atoms with Gasteiger partial charge in [0, 0.05) is 25.7 Å². The van der Waals surface area contributed by atoms with Crippen molar-refractivity contribution in [3.8, 4) is 0 Å². The second kappa shape index (κ2) is 6.74. The third-order valence-corrected chi connectivity index (χ3v) is 3.64. The van der Waals surface area contributed by atoms with E-state index >= 15 is 0 Å². The van der Waals surface area contributed by atoms with Crippen molar-refractivity contribution in [1.82, 2.24) is 0 Å². The van der Waals surface area contributed by atoms with Gasteiger partial charge in [-0.1, -0.05) is 0 Å². The van der Waals surface area contributed by atoms with E-state index in [0.717, 1.165) is 38.4 Å². The molecule has 15 heavy (non-hydrogen) atoms. The quantitative estimate of drug-likeness (QED) is 0.710. The normalized spacial score (nSPS) is 22.6. The molecule has 90 valence electrons. The van der Waals surface area contributed by atoms with Crippen molar-refractivity contribution in [3.63, 3.8) is 0 Å². The Kier molecular flexibility index (Phi) is 5.97. The summed E-state index contributed by atoms with van der Waals surface area (Å²) in [6.07, 6.45) is 2.27. The Bertz CT molecular complexity index is 169. The van der Waals surface area contributed by atoms with E-state index in [4.69, 9.17) is 14.2 Å². The summed E-state index contributed by atoms with van der Waals surface area (Å²) in [7, 11) is 1.70. The monoisotopic (exact) mass is 234 g/mol. The van der Waals surface area contributed by atoms with Crippen LogP contribution in [-0.4, -0.2) is 45.4 Å². The first kappa shape index (κ1) is 13.3. The Labute approximate surface area is 97.9 Å². The maximum Gasteiger partial charge on any atom is 0.0780 e. The van der Waals surface area contributed by atoms with Crippen molar-refractivity contribution >= 4 is 12.6 Å². The van der Waals surface area contributed by atoms with Gasteiger partial charge in [-0.3, -0.25) is 0 Å². The van der Waals surface area contributed by atoms with Crippen LogP contribution in [0.4, 0.5) is 0 Å². The summed E-state index contributed by atoms with van der Waals surface area (Å²) in [5, 5.41) is 0. The fourth-order valence-corrected chi connectivity index (χ4v) is 2.16. The van der Waals surface area contributed by atoms with Gasteiger partial charge in [0.1, 0.15) is 0 Å². The lowest BCUT2D eigenvalue weighted by Crippen LogP contribution is -2.37. The molecule has 1 rings (SSSR count). The molecule has 0 saturated carbocycles. The molecule has 1 atom stereocenters. The zero-order chi connectivity index (χ0) is 11.1. The first-order valence-corrected chi connectivity index (χ1v) is 6.15. The molecule has 1 saturated heterocycles. The lowest BCUT2D eigenvalue weighted by molar-refractivity contribution is -0.0638. The summed E-state index contributed by atoms with van der Waals surface area (Å²) in [5.74, 6) is 0.871. The van der Waals surface area contributed by atoms with Crippen LogP contribution in [0.25, 0.3) is 0 Å². The molecule has 0 aliphatic carbocycles. The Hall–Kier alpha value is 0.230. The smallest absolute Gasteiger partial charge is 0.0780 e. The van der Waals surface area contributed by atoms with Crippen LogP contribution in [0, 0.1) is 5.41 Å². The van der Waals surface area contributed by atoms with E-state index in [1.54, 1.807) is 7.11 Å². The molecule has 3 nitrogen and oxygen atoms in total. The standard InChI is InChI=1S/C11H22O3S/c1-10(7-12-2)14-8-11(9-15)3-5-13-6-4-11/h10,15H,3-9H2,1-2H3. The zero-order valence-corrected chi connectivity index (χ0v) is 10.6. The Balaban J connectivity index is 2.32. The maximum atomic E-state index is 5.79. The third kappa shape index (κ3) is 4.31. The number of thiol groups is 1. The van der Waals surface area contributed by atoms with Gasteiger partial charge in [-0.25, -0.2) is 0 Å². The molecule has 0 N–H and O–H groups in total. The van der Waals surface area contributed by atoms with E-state index in [-0.39, 0.29) is 11.5 Å². The summed E-state index contributed by atoms with van der Waals surface area (Å²) in [4.78, 5) is 0. The fourth-order valence-electron chi connectivity index (χ4n) is 1.75. The van der Waals surface area contributed by atoms with Gasteiger partial charge in [-0.2, -0.15) is 12.6 Å². The topological polar surface area (TPSA) is 27.7 Å². The molecular formula is C11H22O3S. The van der Waals surface area contributed by atoms with Crippen molar-refractivity contribution in [2.75, 3.05) is 39.3 Å². The third-order valence-electron chi connectivity index (χ3n) is 2.96. The second-order valence-electron chi connectivity index (χ2n) is 4.35. The van der Waals surface area contributed by atoms with Crippen LogP contribution < -0.4 is 0 Å². The van der Waals surface area contributed by atoms with Crippen LogP contribution >= 0.6 is 12.6 Å². The van der Waals surface area contributed by atoms with Crippen molar-refractivity contribution < 1.29 is 14.2 Å². The number of hydrogen-bond donors (Lipinski definition) is 1. The van der Waals surface area contributed by atoms with Crippen molar-refractivity contribution in [2.45, 2.75) is 25.9 Å². The molecule has 4 heteroatoms. The molecule has 1 aliphatic rings. The highest BCUT2D eigenvalue weighted by Crippen LogP contribution is 2.32. The highest BCUT2D eigenvalue weighted by atomic mass is 32.1. The largest absolute Gasteiger partial charge is 0.382 e. The maximum absolute atomic E-state index is 5.79. The summed E-state index contributed by atoms with van der Waals surface area (Å²) in [6.45, 7) is 5.13. The Morgan fingerprint density at radius 1 is 1.40 bits per heavy atom. The second-order valence-corrected chi connectivity index (χ2v) is 4.66. The van der Waals surface area contributed by atoms with Crippen LogP contribution in [0.1, 0.15) is 19.8 Å². The van der Waals surface area contributed by atoms with Crippen LogP contribution in [0.15, 0.2) is 0 Å². The first-order valence-electron chi connectivity index (χ1n) is 5.51. The van der Waals surface area contributed by atoms with Gasteiger partial charge in [-0.15, -0.1) is 0 Å². The summed E-state index contributed by atoms with van der Waals surface area (Å²) in [6, 6.07) is 0. The average Bonchev–Trinajstić information content (AvgIpc) is 2.28.